The van der Waals surface area contributed by atoms with E-state index in [1.807, 2.05) is 55.5 Å². The molecule has 5 aromatic rings. The molecule has 11 heteroatoms. The first kappa shape index (κ1) is 21.3. The number of hydrogen-bond donors (Lipinski definition) is 3. The van der Waals surface area contributed by atoms with Gasteiger partial charge in [0, 0.05) is 23.5 Å². The lowest BCUT2D eigenvalue weighted by molar-refractivity contribution is -0.384. The summed E-state index contributed by atoms with van der Waals surface area (Å²) in [6.07, 6.45) is 0. The summed E-state index contributed by atoms with van der Waals surface area (Å²) in [5.74, 6) is 0.564. The van der Waals surface area contributed by atoms with Gasteiger partial charge in [-0.2, -0.15) is 15.0 Å². The molecule has 0 saturated heterocycles. The first-order valence-electron chi connectivity index (χ1n) is 10.3. The number of fused-ring (bicyclic) bond motifs is 1. The average molecular weight is 471 g/mol. The maximum Gasteiger partial charge on any atom is 0.271 e. The number of hydrogen-bond acceptors (Lipinski definition) is 9. The van der Waals surface area contributed by atoms with Crippen LogP contribution in [0.15, 0.2) is 83.1 Å². The molecular formula is C23H18N8O2S. The molecule has 0 fully saturated rings. The number of H-pyrrole nitrogens is 1. The highest BCUT2D eigenvalue weighted by Gasteiger charge is 2.13. The third kappa shape index (κ3) is 4.94. The van der Waals surface area contributed by atoms with Crippen molar-refractivity contribution < 1.29 is 4.92 Å². The van der Waals surface area contributed by atoms with E-state index in [9.17, 15) is 10.1 Å². The van der Waals surface area contributed by atoms with Crippen molar-refractivity contribution in [2.75, 3.05) is 10.6 Å². The molecule has 0 saturated carbocycles. The fourth-order valence-corrected chi connectivity index (χ4v) is 3.91. The molecule has 0 bridgehead atoms. The van der Waals surface area contributed by atoms with Crippen LogP contribution in [0.3, 0.4) is 0 Å². The zero-order valence-electron chi connectivity index (χ0n) is 17.9. The van der Waals surface area contributed by atoms with Crippen LogP contribution in [-0.2, 0) is 0 Å². The first-order chi connectivity index (χ1) is 16.5. The highest BCUT2D eigenvalue weighted by Crippen LogP contribution is 2.28. The van der Waals surface area contributed by atoms with Crippen LogP contribution in [0.2, 0.25) is 0 Å². The van der Waals surface area contributed by atoms with Crippen molar-refractivity contribution in [2.45, 2.75) is 17.2 Å². The Morgan fingerprint density at radius 2 is 1.59 bits per heavy atom. The second kappa shape index (κ2) is 9.16. The van der Waals surface area contributed by atoms with Crippen LogP contribution in [0.25, 0.3) is 11.0 Å². The zero-order valence-corrected chi connectivity index (χ0v) is 18.7. The van der Waals surface area contributed by atoms with Crippen molar-refractivity contribution in [3.63, 3.8) is 0 Å². The summed E-state index contributed by atoms with van der Waals surface area (Å²) >= 11 is 1.26. The average Bonchev–Trinajstić information content (AvgIpc) is 3.23. The van der Waals surface area contributed by atoms with E-state index in [0.29, 0.717) is 21.9 Å². The predicted octanol–water partition coefficient (Wildman–Crippen LogP) is 5.60. The number of nitro groups is 1. The van der Waals surface area contributed by atoms with Crippen molar-refractivity contribution >= 4 is 51.8 Å². The van der Waals surface area contributed by atoms with E-state index >= 15 is 0 Å². The van der Waals surface area contributed by atoms with Gasteiger partial charge in [0.1, 0.15) is 0 Å². The third-order valence-corrected chi connectivity index (χ3v) is 5.54. The van der Waals surface area contributed by atoms with Gasteiger partial charge in [0.15, 0.2) is 5.16 Å². The largest absolute Gasteiger partial charge is 0.333 e. The third-order valence-electron chi connectivity index (χ3n) is 4.79. The minimum absolute atomic E-state index is 0.0334. The quantitative estimate of drug-likeness (QED) is 0.205. The molecule has 168 valence electrons. The van der Waals surface area contributed by atoms with E-state index in [2.05, 4.69) is 35.6 Å². The predicted molar refractivity (Wildman–Crippen MR) is 131 cm³/mol. The van der Waals surface area contributed by atoms with Crippen LogP contribution in [-0.4, -0.2) is 29.8 Å². The van der Waals surface area contributed by atoms with Crippen molar-refractivity contribution in [3.05, 3.63) is 88.5 Å². The molecule has 5 rings (SSSR count). The Hall–Kier alpha value is -4.51. The molecule has 0 aliphatic heterocycles. The van der Waals surface area contributed by atoms with Crippen LogP contribution in [0, 0.1) is 17.0 Å². The second-order valence-corrected chi connectivity index (χ2v) is 8.31. The molecule has 0 radical (unpaired) electrons. The minimum atomic E-state index is -0.453. The molecular weight excluding hydrogens is 452 g/mol. The van der Waals surface area contributed by atoms with Gasteiger partial charge in [-0.15, -0.1) is 0 Å². The van der Waals surface area contributed by atoms with Gasteiger partial charge in [0.05, 0.1) is 16.0 Å². The van der Waals surface area contributed by atoms with Gasteiger partial charge in [-0.25, -0.2) is 4.98 Å². The van der Waals surface area contributed by atoms with Gasteiger partial charge in [-0.05, 0) is 49.0 Å². The standard InChI is InChI=1S/C23H18N8O2S/c1-14-9-11-15(12-10-14)24-20-28-21(25-16-5-4-6-17(13-16)31(32)33)30-23(29-20)34-22-26-18-7-2-3-8-19(18)27-22/h2-13H,1H3,(H,26,27)(H2,24,25,28,29,30). The Bertz CT molecular complexity index is 1450. The van der Waals surface area contributed by atoms with E-state index in [4.69, 9.17) is 0 Å². The van der Waals surface area contributed by atoms with E-state index in [1.165, 1.54) is 23.9 Å². The number of rotatable bonds is 7. The minimum Gasteiger partial charge on any atom is -0.333 e. The molecule has 0 aliphatic carbocycles. The number of imidazole rings is 1. The second-order valence-electron chi connectivity index (χ2n) is 7.35. The monoisotopic (exact) mass is 470 g/mol. The summed E-state index contributed by atoms with van der Waals surface area (Å²) in [4.78, 5) is 31.9. The number of aryl methyl sites for hydroxylation is 1. The Morgan fingerprint density at radius 3 is 2.32 bits per heavy atom. The summed E-state index contributed by atoms with van der Waals surface area (Å²) < 4.78 is 0. The SMILES string of the molecule is Cc1ccc(Nc2nc(Nc3cccc([N+](=O)[O-])c3)nc(Sc3nc4ccccc4[nH]3)n2)cc1. The van der Waals surface area contributed by atoms with Gasteiger partial charge in [0.2, 0.25) is 17.1 Å². The van der Waals surface area contributed by atoms with E-state index < -0.39 is 4.92 Å². The van der Waals surface area contributed by atoms with Crippen molar-refractivity contribution in [1.29, 1.82) is 0 Å². The number of aromatic nitrogens is 5. The number of para-hydroxylation sites is 2. The maximum atomic E-state index is 11.1. The van der Waals surface area contributed by atoms with Crippen molar-refractivity contribution in [3.8, 4) is 0 Å². The van der Waals surface area contributed by atoms with Gasteiger partial charge in [-0.3, -0.25) is 10.1 Å². The first-order valence-corrected chi connectivity index (χ1v) is 11.1. The fraction of sp³-hybridized carbons (Fsp3) is 0.0435. The molecule has 0 amide bonds. The molecule has 3 aromatic carbocycles. The van der Waals surface area contributed by atoms with Crippen molar-refractivity contribution in [2.24, 2.45) is 0 Å². The number of non-ortho nitro benzene ring substituents is 1. The van der Waals surface area contributed by atoms with E-state index in [1.54, 1.807) is 12.1 Å². The molecule has 0 unspecified atom stereocenters. The molecule has 0 atom stereocenters. The summed E-state index contributed by atoms with van der Waals surface area (Å²) in [6, 6.07) is 21.7. The molecule has 2 heterocycles. The molecule has 0 spiro atoms. The number of nitro benzene ring substituents is 1. The summed E-state index contributed by atoms with van der Waals surface area (Å²) in [6.45, 7) is 2.01. The molecule has 3 N–H and O–H groups in total. The smallest absolute Gasteiger partial charge is 0.271 e. The van der Waals surface area contributed by atoms with E-state index in [-0.39, 0.29) is 11.6 Å². The Morgan fingerprint density at radius 1 is 0.853 bits per heavy atom. The van der Waals surface area contributed by atoms with Gasteiger partial charge in [0.25, 0.3) is 5.69 Å². The van der Waals surface area contributed by atoms with Crippen LogP contribution in [0.5, 0.6) is 0 Å². The van der Waals surface area contributed by atoms with Gasteiger partial charge >= 0.3 is 0 Å². The highest BCUT2D eigenvalue weighted by atomic mass is 32.2. The molecule has 2 aromatic heterocycles. The van der Waals surface area contributed by atoms with Crippen LogP contribution < -0.4 is 10.6 Å². The maximum absolute atomic E-state index is 11.1. The summed E-state index contributed by atoms with van der Waals surface area (Å²) in [7, 11) is 0. The Labute approximate surface area is 198 Å². The molecule has 10 nitrogen and oxygen atoms in total. The molecule has 0 aliphatic rings. The topological polar surface area (TPSA) is 135 Å². The van der Waals surface area contributed by atoms with Crippen molar-refractivity contribution in [1.82, 2.24) is 24.9 Å². The number of nitrogens with zero attached hydrogens (tertiary/aromatic N) is 5. The van der Waals surface area contributed by atoms with Crippen LogP contribution >= 0.6 is 11.8 Å². The van der Waals surface area contributed by atoms with Gasteiger partial charge < -0.3 is 15.6 Å². The Balaban J connectivity index is 1.48. The fourth-order valence-electron chi connectivity index (χ4n) is 3.17. The highest BCUT2D eigenvalue weighted by molar-refractivity contribution is 7.99. The number of nitrogens with one attached hydrogen (secondary N) is 3. The zero-order chi connectivity index (χ0) is 23.5. The van der Waals surface area contributed by atoms with Crippen LogP contribution in [0.1, 0.15) is 5.56 Å². The normalized spacial score (nSPS) is 10.9. The summed E-state index contributed by atoms with van der Waals surface area (Å²) in [5, 5.41) is 18.4. The van der Waals surface area contributed by atoms with E-state index in [0.717, 1.165) is 22.3 Å². The lowest BCUT2D eigenvalue weighted by atomic mass is 10.2. The summed E-state index contributed by atoms with van der Waals surface area (Å²) in [5.41, 5.74) is 4.16. The Kier molecular flexibility index (Phi) is 5.75. The lowest BCUT2D eigenvalue weighted by Gasteiger charge is -2.10. The molecule has 34 heavy (non-hydrogen) atoms. The lowest BCUT2D eigenvalue weighted by Crippen LogP contribution is -2.05. The number of anilines is 4. The van der Waals surface area contributed by atoms with Crippen LogP contribution in [0.4, 0.5) is 29.0 Å². The number of benzene rings is 3. The number of aromatic amines is 1. The van der Waals surface area contributed by atoms with Gasteiger partial charge in [-0.1, -0.05) is 35.9 Å².